The highest BCUT2D eigenvalue weighted by Gasteiger charge is 2.10. The maximum Gasteiger partial charge on any atom is 0.234 e. The maximum atomic E-state index is 12.1. The summed E-state index contributed by atoms with van der Waals surface area (Å²) in [6.45, 7) is 0.361. The molecule has 2 heterocycles. The Morgan fingerprint density at radius 1 is 1.30 bits per heavy atom. The number of benzene rings is 1. The first-order valence-corrected chi connectivity index (χ1v) is 7.64. The van der Waals surface area contributed by atoms with Crippen molar-refractivity contribution in [1.82, 2.24) is 25.1 Å². The topological polar surface area (TPSA) is 90.6 Å². The summed E-state index contributed by atoms with van der Waals surface area (Å²) in [6.07, 6.45) is 1.78. The normalized spacial score (nSPS) is 10.7. The Morgan fingerprint density at radius 2 is 2.13 bits per heavy atom. The molecule has 120 valence electrons. The lowest BCUT2D eigenvalue weighted by atomic mass is 10.1. The molecular weight excluding hydrogens is 318 g/mol. The fraction of sp³-hybridized carbons (Fsp3) is 0.286. The van der Waals surface area contributed by atoms with Gasteiger partial charge >= 0.3 is 0 Å². The smallest absolute Gasteiger partial charge is 0.234 e. The van der Waals surface area contributed by atoms with Gasteiger partial charge in [-0.15, -0.1) is 10.2 Å². The number of fused-ring (bicyclic) bond motifs is 1. The van der Waals surface area contributed by atoms with Gasteiger partial charge in [0.2, 0.25) is 10.9 Å². The summed E-state index contributed by atoms with van der Waals surface area (Å²) in [4.78, 5) is 12.8. The third kappa shape index (κ3) is 3.39. The molecule has 9 heteroatoms. The standard InChI is InChI=1S/C14H15N5O3S/c1-21-10-4-3-9(5-11(10)22-2)6-12(20)15-7-13-18-19-8-16-17-14(19)23-13/h3-5,8H,6-7H2,1-2H3,(H,15,20). The molecule has 1 aromatic carbocycles. The zero-order chi connectivity index (χ0) is 16.2. The molecule has 0 fully saturated rings. The van der Waals surface area contributed by atoms with Crippen molar-refractivity contribution in [2.24, 2.45) is 0 Å². The van der Waals surface area contributed by atoms with E-state index in [1.165, 1.54) is 17.7 Å². The van der Waals surface area contributed by atoms with Crippen LogP contribution in [0.3, 0.4) is 0 Å². The summed E-state index contributed by atoms with van der Waals surface area (Å²) in [6, 6.07) is 5.41. The summed E-state index contributed by atoms with van der Waals surface area (Å²) in [7, 11) is 3.14. The van der Waals surface area contributed by atoms with Crippen LogP contribution in [0.15, 0.2) is 24.5 Å². The molecule has 23 heavy (non-hydrogen) atoms. The second-order valence-corrected chi connectivity index (χ2v) is 5.74. The summed E-state index contributed by atoms with van der Waals surface area (Å²) < 4.78 is 12.0. The molecule has 0 atom stereocenters. The second kappa shape index (κ2) is 6.61. The van der Waals surface area contributed by atoms with Crippen molar-refractivity contribution in [3.8, 4) is 11.5 Å². The fourth-order valence-corrected chi connectivity index (χ4v) is 2.84. The van der Waals surface area contributed by atoms with Crippen molar-refractivity contribution in [3.63, 3.8) is 0 Å². The highest BCUT2D eigenvalue weighted by molar-refractivity contribution is 7.16. The molecule has 0 saturated carbocycles. The van der Waals surface area contributed by atoms with Gasteiger partial charge < -0.3 is 14.8 Å². The predicted molar refractivity (Wildman–Crippen MR) is 83.8 cm³/mol. The number of hydrogen-bond donors (Lipinski definition) is 1. The Morgan fingerprint density at radius 3 is 2.87 bits per heavy atom. The quantitative estimate of drug-likeness (QED) is 0.725. The van der Waals surface area contributed by atoms with E-state index >= 15 is 0 Å². The van der Waals surface area contributed by atoms with Crippen LogP contribution in [0.1, 0.15) is 10.6 Å². The Hall–Kier alpha value is -2.68. The third-order valence-corrected chi connectivity index (χ3v) is 4.09. The van der Waals surface area contributed by atoms with Crippen molar-refractivity contribution in [3.05, 3.63) is 35.1 Å². The fourth-order valence-electron chi connectivity index (χ4n) is 2.09. The molecule has 0 saturated heterocycles. The van der Waals surface area contributed by atoms with E-state index in [4.69, 9.17) is 9.47 Å². The Labute approximate surface area is 136 Å². The molecule has 0 aliphatic heterocycles. The monoisotopic (exact) mass is 333 g/mol. The van der Waals surface area contributed by atoms with Crippen molar-refractivity contribution >= 4 is 22.2 Å². The third-order valence-electron chi connectivity index (χ3n) is 3.18. The zero-order valence-electron chi connectivity index (χ0n) is 12.6. The number of carbonyl (C=O) groups is 1. The van der Waals surface area contributed by atoms with Crippen LogP contribution >= 0.6 is 11.3 Å². The highest BCUT2D eigenvalue weighted by Crippen LogP contribution is 2.27. The van der Waals surface area contributed by atoms with Gasteiger partial charge in [0, 0.05) is 0 Å². The van der Waals surface area contributed by atoms with E-state index in [9.17, 15) is 4.79 Å². The Kier molecular flexibility index (Phi) is 4.38. The summed E-state index contributed by atoms with van der Waals surface area (Å²) >= 11 is 1.39. The zero-order valence-corrected chi connectivity index (χ0v) is 13.5. The lowest BCUT2D eigenvalue weighted by Crippen LogP contribution is -2.24. The van der Waals surface area contributed by atoms with Crippen LogP contribution in [0.5, 0.6) is 11.5 Å². The maximum absolute atomic E-state index is 12.1. The van der Waals surface area contributed by atoms with E-state index in [0.717, 1.165) is 10.6 Å². The molecule has 3 rings (SSSR count). The molecule has 0 aliphatic carbocycles. The van der Waals surface area contributed by atoms with E-state index < -0.39 is 0 Å². The van der Waals surface area contributed by atoms with Crippen molar-refractivity contribution in [2.75, 3.05) is 14.2 Å². The van der Waals surface area contributed by atoms with Gasteiger partial charge in [-0.2, -0.15) is 9.61 Å². The number of rotatable bonds is 6. The van der Waals surface area contributed by atoms with Crippen LogP contribution in [0.2, 0.25) is 0 Å². The number of hydrogen-bond acceptors (Lipinski definition) is 7. The van der Waals surface area contributed by atoms with Gasteiger partial charge in [0.05, 0.1) is 27.2 Å². The summed E-state index contributed by atoms with van der Waals surface area (Å²) in [5.41, 5.74) is 0.846. The van der Waals surface area contributed by atoms with Crippen LogP contribution in [-0.2, 0) is 17.8 Å². The lowest BCUT2D eigenvalue weighted by Gasteiger charge is -2.09. The average Bonchev–Trinajstić information content (AvgIpc) is 3.14. The van der Waals surface area contributed by atoms with E-state index in [1.54, 1.807) is 30.9 Å². The van der Waals surface area contributed by atoms with Crippen LogP contribution in [0, 0.1) is 0 Å². The van der Waals surface area contributed by atoms with E-state index in [1.807, 2.05) is 6.07 Å². The number of aromatic nitrogens is 4. The molecule has 0 unspecified atom stereocenters. The Bertz CT molecular complexity index is 800. The first-order chi connectivity index (χ1) is 11.2. The molecule has 1 amide bonds. The molecule has 3 aromatic rings. The first-order valence-electron chi connectivity index (χ1n) is 6.83. The van der Waals surface area contributed by atoms with Gasteiger partial charge in [0.1, 0.15) is 11.3 Å². The molecule has 8 nitrogen and oxygen atoms in total. The Balaban J connectivity index is 1.59. The van der Waals surface area contributed by atoms with Gasteiger partial charge in [-0.1, -0.05) is 17.4 Å². The van der Waals surface area contributed by atoms with Crippen LogP contribution in [0.25, 0.3) is 4.96 Å². The van der Waals surface area contributed by atoms with Crippen LogP contribution < -0.4 is 14.8 Å². The van der Waals surface area contributed by atoms with Crippen LogP contribution in [0.4, 0.5) is 0 Å². The van der Waals surface area contributed by atoms with Gasteiger partial charge in [-0.25, -0.2) is 0 Å². The van der Waals surface area contributed by atoms with Crippen LogP contribution in [-0.4, -0.2) is 39.9 Å². The molecule has 0 aliphatic rings. The molecule has 1 N–H and O–H groups in total. The largest absolute Gasteiger partial charge is 0.493 e. The number of ether oxygens (including phenoxy) is 2. The molecule has 0 bridgehead atoms. The lowest BCUT2D eigenvalue weighted by molar-refractivity contribution is -0.120. The van der Waals surface area contributed by atoms with E-state index in [0.29, 0.717) is 23.0 Å². The van der Waals surface area contributed by atoms with Crippen molar-refractivity contribution in [1.29, 1.82) is 0 Å². The summed E-state index contributed by atoms with van der Waals surface area (Å²) in [5.74, 6) is 1.14. The molecule has 0 spiro atoms. The minimum atomic E-state index is -0.0943. The van der Waals surface area contributed by atoms with Gasteiger partial charge in [-0.05, 0) is 17.7 Å². The molecular formula is C14H15N5O3S. The minimum absolute atomic E-state index is 0.0943. The number of carbonyl (C=O) groups excluding carboxylic acids is 1. The average molecular weight is 333 g/mol. The first kappa shape index (κ1) is 15.2. The highest BCUT2D eigenvalue weighted by atomic mass is 32.1. The predicted octanol–water partition coefficient (Wildman–Crippen LogP) is 1.06. The van der Waals surface area contributed by atoms with E-state index in [2.05, 4.69) is 20.6 Å². The molecule has 2 aromatic heterocycles. The van der Waals surface area contributed by atoms with Gasteiger partial charge in [0.15, 0.2) is 11.5 Å². The van der Waals surface area contributed by atoms with Crippen molar-refractivity contribution in [2.45, 2.75) is 13.0 Å². The van der Waals surface area contributed by atoms with Gasteiger partial charge in [-0.3, -0.25) is 4.79 Å². The number of amides is 1. The second-order valence-electron chi connectivity index (χ2n) is 4.70. The van der Waals surface area contributed by atoms with Crippen molar-refractivity contribution < 1.29 is 14.3 Å². The molecule has 0 radical (unpaired) electrons. The number of nitrogens with zero attached hydrogens (tertiary/aromatic N) is 4. The van der Waals surface area contributed by atoms with Gasteiger partial charge in [0.25, 0.3) is 0 Å². The summed E-state index contributed by atoms with van der Waals surface area (Å²) in [5, 5.41) is 15.5. The van der Waals surface area contributed by atoms with E-state index in [-0.39, 0.29) is 12.3 Å². The number of nitrogens with one attached hydrogen (secondary N) is 1. The number of methoxy groups -OCH3 is 2. The minimum Gasteiger partial charge on any atom is -0.493 e. The SMILES string of the molecule is COc1ccc(CC(=O)NCc2nn3cnnc3s2)cc1OC.